The van der Waals surface area contributed by atoms with Crippen LogP contribution in [0.2, 0.25) is 0 Å². The second-order valence-electron chi connectivity index (χ2n) is 2.99. The van der Waals surface area contributed by atoms with Crippen molar-refractivity contribution in [3.8, 4) is 6.07 Å². The molecule has 0 N–H and O–H groups in total. The standard InChI is InChI=1S/C10H7ClN4/c11-5-7(6-12)10-13-8-3-1-2-4-9(8)14-15-10/h1-4,7H,5H2. The Morgan fingerprint density at radius 1 is 1.27 bits per heavy atom. The first kappa shape index (κ1) is 9.81. The van der Waals surface area contributed by atoms with E-state index in [1.54, 1.807) is 0 Å². The number of nitrogens with zero attached hydrogens (tertiary/aromatic N) is 4. The maximum atomic E-state index is 8.81. The monoisotopic (exact) mass is 218 g/mol. The molecular weight excluding hydrogens is 212 g/mol. The summed E-state index contributed by atoms with van der Waals surface area (Å²) in [6, 6.07) is 9.41. The van der Waals surface area contributed by atoms with Crippen molar-refractivity contribution < 1.29 is 0 Å². The van der Waals surface area contributed by atoms with Gasteiger partial charge in [0.2, 0.25) is 0 Å². The summed E-state index contributed by atoms with van der Waals surface area (Å²) in [6.07, 6.45) is 0. The third-order valence-corrected chi connectivity index (χ3v) is 2.31. The molecule has 4 nitrogen and oxygen atoms in total. The van der Waals surface area contributed by atoms with Crippen molar-refractivity contribution >= 4 is 22.6 Å². The van der Waals surface area contributed by atoms with E-state index in [0.29, 0.717) is 11.3 Å². The number of aromatic nitrogens is 3. The van der Waals surface area contributed by atoms with Crippen LogP contribution >= 0.6 is 11.6 Å². The third-order valence-electron chi connectivity index (χ3n) is 2.00. The minimum Gasteiger partial charge on any atom is -0.228 e. The zero-order chi connectivity index (χ0) is 10.7. The molecule has 15 heavy (non-hydrogen) atoms. The molecule has 0 aliphatic rings. The molecule has 5 heteroatoms. The van der Waals surface area contributed by atoms with Gasteiger partial charge in [-0.1, -0.05) is 12.1 Å². The summed E-state index contributed by atoms with van der Waals surface area (Å²) in [4.78, 5) is 4.24. The number of hydrogen-bond donors (Lipinski definition) is 0. The van der Waals surface area contributed by atoms with Crippen LogP contribution in [-0.4, -0.2) is 21.1 Å². The van der Waals surface area contributed by atoms with Crippen molar-refractivity contribution in [3.63, 3.8) is 0 Å². The highest BCUT2D eigenvalue weighted by Crippen LogP contribution is 2.14. The Hall–Kier alpha value is -1.73. The molecule has 0 spiro atoms. The van der Waals surface area contributed by atoms with Gasteiger partial charge in [0.25, 0.3) is 0 Å². The number of halogens is 1. The molecule has 74 valence electrons. The number of rotatable bonds is 2. The topological polar surface area (TPSA) is 62.5 Å². The Labute approximate surface area is 91.5 Å². The third kappa shape index (κ3) is 1.88. The number of nitriles is 1. The van der Waals surface area contributed by atoms with Gasteiger partial charge < -0.3 is 0 Å². The van der Waals surface area contributed by atoms with E-state index in [9.17, 15) is 0 Å². The number of alkyl halides is 1. The first-order valence-electron chi connectivity index (χ1n) is 4.40. The summed E-state index contributed by atoms with van der Waals surface area (Å²) in [5, 5.41) is 16.7. The Morgan fingerprint density at radius 2 is 2.00 bits per heavy atom. The second kappa shape index (κ2) is 4.20. The maximum Gasteiger partial charge on any atom is 0.170 e. The minimum atomic E-state index is -0.497. The maximum absolute atomic E-state index is 8.81. The molecule has 1 unspecified atom stereocenters. The first-order chi connectivity index (χ1) is 7.35. The smallest absolute Gasteiger partial charge is 0.170 e. The summed E-state index contributed by atoms with van der Waals surface area (Å²) >= 11 is 5.62. The fourth-order valence-electron chi connectivity index (χ4n) is 1.20. The molecule has 0 aliphatic heterocycles. The highest BCUT2D eigenvalue weighted by Gasteiger charge is 2.13. The lowest BCUT2D eigenvalue weighted by atomic mass is 10.2. The van der Waals surface area contributed by atoms with Gasteiger partial charge in [0.05, 0.1) is 11.6 Å². The van der Waals surface area contributed by atoms with E-state index in [4.69, 9.17) is 16.9 Å². The molecule has 2 aromatic rings. The lowest BCUT2D eigenvalue weighted by Gasteiger charge is -2.02. The van der Waals surface area contributed by atoms with Crippen LogP contribution in [0.4, 0.5) is 0 Å². The molecule has 0 bridgehead atoms. The zero-order valence-corrected chi connectivity index (χ0v) is 8.52. The van der Waals surface area contributed by atoms with Gasteiger partial charge in [-0.05, 0) is 12.1 Å². The molecule has 1 heterocycles. The molecular formula is C10H7ClN4. The summed E-state index contributed by atoms with van der Waals surface area (Å²) in [5.41, 5.74) is 1.44. The van der Waals surface area contributed by atoms with E-state index in [1.165, 1.54) is 0 Å². The predicted octanol–water partition coefficient (Wildman–Crippen LogP) is 1.87. The van der Waals surface area contributed by atoms with Crippen molar-refractivity contribution in [1.82, 2.24) is 15.2 Å². The zero-order valence-electron chi connectivity index (χ0n) is 7.76. The normalized spacial score (nSPS) is 12.3. The molecule has 1 aromatic heterocycles. The molecule has 2 rings (SSSR count). The van der Waals surface area contributed by atoms with Crippen LogP contribution in [0.25, 0.3) is 11.0 Å². The van der Waals surface area contributed by atoms with Crippen LogP contribution in [-0.2, 0) is 0 Å². The van der Waals surface area contributed by atoms with Crippen LogP contribution < -0.4 is 0 Å². The number of para-hydroxylation sites is 1. The van der Waals surface area contributed by atoms with Gasteiger partial charge in [0, 0.05) is 5.88 Å². The molecule has 0 saturated carbocycles. The molecule has 1 aromatic carbocycles. The average molecular weight is 219 g/mol. The second-order valence-corrected chi connectivity index (χ2v) is 3.30. The average Bonchev–Trinajstić information content (AvgIpc) is 2.30. The van der Waals surface area contributed by atoms with Crippen LogP contribution in [0.3, 0.4) is 0 Å². The van der Waals surface area contributed by atoms with E-state index in [0.717, 1.165) is 5.52 Å². The van der Waals surface area contributed by atoms with Gasteiger partial charge in [-0.15, -0.1) is 21.8 Å². The molecule has 0 saturated heterocycles. The van der Waals surface area contributed by atoms with E-state index >= 15 is 0 Å². The molecule has 1 atom stereocenters. The molecule has 0 aliphatic carbocycles. The minimum absolute atomic E-state index is 0.177. The lowest BCUT2D eigenvalue weighted by Crippen LogP contribution is -2.05. The van der Waals surface area contributed by atoms with Gasteiger partial charge in [0.1, 0.15) is 11.4 Å². The molecule has 0 fully saturated rings. The van der Waals surface area contributed by atoms with Gasteiger partial charge in [-0.25, -0.2) is 4.98 Å². The van der Waals surface area contributed by atoms with Crippen molar-refractivity contribution in [1.29, 1.82) is 5.26 Å². The summed E-state index contributed by atoms with van der Waals surface area (Å²) in [5.74, 6) is 0.0613. The number of fused-ring (bicyclic) bond motifs is 1. The largest absolute Gasteiger partial charge is 0.228 e. The van der Waals surface area contributed by atoms with Crippen molar-refractivity contribution in [2.75, 3.05) is 5.88 Å². The SMILES string of the molecule is N#CC(CCl)c1nnc2ccccc2n1. The van der Waals surface area contributed by atoms with Gasteiger partial charge >= 0.3 is 0 Å². The van der Waals surface area contributed by atoms with Gasteiger partial charge in [-0.3, -0.25) is 0 Å². The fraction of sp³-hybridized carbons (Fsp3) is 0.200. The first-order valence-corrected chi connectivity index (χ1v) is 4.93. The van der Waals surface area contributed by atoms with Crippen LogP contribution in [0.15, 0.2) is 24.3 Å². The van der Waals surface area contributed by atoms with Crippen molar-refractivity contribution in [2.24, 2.45) is 0 Å². The van der Waals surface area contributed by atoms with E-state index < -0.39 is 5.92 Å². The predicted molar refractivity (Wildman–Crippen MR) is 56.4 cm³/mol. The Balaban J connectivity index is 2.52. The van der Waals surface area contributed by atoms with Gasteiger partial charge in [-0.2, -0.15) is 5.26 Å². The number of benzene rings is 1. The Morgan fingerprint density at radius 3 is 2.67 bits per heavy atom. The Bertz CT molecular complexity index is 520. The quantitative estimate of drug-likeness (QED) is 0.722. The summed E-state index contributed by atoms with van der Waals surface area (Å²) < 4.78 is 0. The van der Waals surface area contributed by atoms with E-state index in [2.05, 4.69) is 15.2 Å². The highest BCUT2D eigenvalue weighted by molar-refractivity contribution is 6.18. The highest BCUT2D eigenvalue weighted by atomic mass is 35.5. The van der Waals surface area contributed by atoms with Crippen molar-refractivity contribution in [2.45, 2.75) is 5.92 Å². The summed E-state index contributed by atoms with van der Waals surface area (Å²) in [7, 11) is 0. The van der Waals surface area contributed by atoms with Crippen LogP contribution in [0.5, 0.6) is 0 Å². The lowest BCUT2D eigenvalue weighted by molar-refractivity contribution is 0.821. The van der Waals surface area contributed by atoms with E-state index in [1.807, 2.05) is 30.3 Å². The van der Waals surface area contributed by atoms with Gasteiger partial charge in [0.15, 0.2) is 5.82 Å². The van der Waals surface area contributed by atoms with E-state index in [-0.39, 0.29) is 5.88 Å². The van der Waals surface area contributed by atoms with Crippen molar-refractivity contribution in [3.05, 3.63) is 30.1 Å². The fourth-order valence-corrected chi connectivity index (χ4v) is 1.41. The molecule has 0 radical (unpaired) electrons. The molecule has 0 amide bonds. The van der Waals surface area contributed by atoms with Crippen LogP contribution in [0.1, 0.15) is 11.7 Å². The van der Waals surface area contributed by atoms with Crippen LogP contribution in [0, 0.1) is 11.3 Å². The Kier molecular flexibility index (Phi) is 2.75. The summed E-state index contributed by atoms with van der Waals surface area (Å²) in [6.45, 7) is 0. The number of hydrogen-bond acceptors (Lipinski definition) is 4.